The summed E-state index contributed by atoms with van der Waals surface area (Å²) in [6.07, 6.45) is -2.05. The van der Waals surface area contributed by atoms with Crippen LogP contribution in [0, 0.1) is 0 Å². The van der Waals surface area contributed by atoms with Crippen molar-refractivity contribution >= 4 is 36.3 Å². The Kier molecular flexibility index (Phi) is 13.4. The fourth-order valence-electron chi connectivity index (χ4n) is 3.23. The molecule has 0 aromatic heterocycles. The molecule has 0 saturated carbocycles. The normalized spacial score (nSPS) is 11.8. The number of nitrogens with one attached hydrogen (secondary N) is 1. The van der Waals surface area contributed by atoms with E-state index in [1.807, 2.05) is 30.3 Å². The highest BCUT2D eigenvalue weighted by Crippen LogP contribution is 2.13. The molecule has 2 aromatic rings. The van der Waals surface area contributed by atoms with E-state index in [2.05, 4.69) is 10.4 Å². The second-order valence-electron chi connectivity index (χ2n) is 7.72. The van der Waals surface area contributed by atoms with Gasteiger partial charge in [-0.1, -0.05) is 60.7 Å². The summed E-state index contributed by atoms with van der Waals surface area (Å²) in [5.74, 6) is -2.49. The van der Waals surface area contributed by atoms with Crippen LogP contribution >= 0.6 is 12.4 Å². The van der Waals surface area contributed by atoms with Crippen LogP contribution in [-0.2, 0) is 27.4 Å². The van der Waals surface area contributed by atoms with Gasteiger partial charge in [0.15, 0.2) is 12.0 Å². The third-order valence-corrected chi connectivity index (χ3v) is 5.02. The molecule has 12 heteroatoms. The Morgan fingerprint density at radius 2 is 1.56 bits per heavy atom. The molecule has 0 unspecified atom stereocenters. The van der Waals surface area contributed by atoms with Gasteiger partial charge in [0.25, 0.3) is 5.91 Å². The maximum Gasteiger partial charge on any atom is 0.426 e. The highest BCUT2D eigenvalue weighted by molar-refractivity contribution is 5.87. The summed E-state index contributed by atoms with van der Waals surface area (Å²) in [5.41, 5.74) is 14.4. The number of nitrogens with zero attached hydrogens (tertiary/aromatic N) is 2. The number of aliphatic hydroxyl groups excluding tert-OH is 1. The van der Waals surface area contributed by atoms with E-state index in [0.717, 1.165) is 5.56 Å². The number of hydrogen-bond acceptors (Lipinski definition) is 6. The number of amides is 2. The summed E-state index contributed by atoms with van der Waals surface area (Å²) < 4.78 is 5.13. The van der Waals surface area contributed by atoms with Gasteiger partial charge in [-0.15, -0.1) is 12.4 Å². The van der Waals surface area contributed by atoms with Crippen molar-refractivity contribution in [2.45, 2.75) is 44.4 Å². The van der Waals surface area contributed by atoms with Crippen molar-refractivity contribution in [3.8, 4) is 0 Å². The minimum absolute atomic E-state index is 0. The number of ether oxygens (including phenoxy) is 1. The van der Waals surface area contributed by atoms with Gasteiger partial charge in [0.2, 0.25) is 0 Å². The average molecular weight is 522 g/mol. The van der Waals surface area contributed by atoms with E-state index in [0.29, 0.717) is 17.0 Å². The summed E-state index contributed by atoms with van der Waals surface area (Å²) in [6.45, 7) is 0.0383. The maximum atomic E-state index is 13.0. The molecule has 2 amide bonds. The van der Waals surface area contributed by atoms with Crippen molar-refractivity contribution in [2.24, 2.45) is 16.5 Å². The fourth-order valence-corrected chi connectivity index (χ4v) is 3.23. The Morgan fingerprint density at radius 1 is 0.972 bits per heavy atom. The van der Waals surface area contributed by atoms with Crippen LogP contribution in [0.15, 0.2) is 65.7 Å². The Balaban J connectivity index is 0.00000648. The molecule has 36 heavy (non-hydrogen) atoms. The molecule has 0 heterocycles. The molecule has 11 nitrogen and oxygen atoms in total. The first-order valence-electron chi connectivity index (χ1n) is 11.1. The molecular weight excluding hydrogens is 490 g/mol. The van der Waals surface area contributed by atoms with Crippen molar-refractivity contribution in [2.75, 3.05) is 6.54 Å². The third-order valence-electron chi connectivity index (χ3n) is 5.02. The summed E-state index contributed by atoms with van der Waals surface area (Å²) in [5, 5.41) is 20.9. The number of aliphatic hydroxyl groups is 1. The van der Waals surface area contributed by atoms with Gasteiger partial charge >= 0.3 is 12.1 Å². The number of guanidine groups is 1. The number of nitrogens with two attached hydrogens (primary N) is 2. The molecule has 7 N–H and O–H groups in total. The van der Waals surface area contributed by atoms with Gasteiger partial charge in [-0.25, -0.2) is 20.0 Å². The van der Waals surface area contributed by atoms with Gasteiger partial charge in [-0.2, -0.15) is 0 Å². The number of carboxylic acid groups (broad SMARTS) is 1. The lowest BCUT2D eigenvalue weighted by Gasteiger charge is -2.30. The van der Waals surface area contributed by atoms with E-state index >= 15 is 0 Å². The van der Waals surface area contributed by atoms with Gasteiger partial charge in [0.05, 0.1) is 0 Å². The molecule has 0 aliphatic rings. The maximum absolute atomic E-state index is 13.0. The third kappa shape index (κ3) is 10.6. The van der Waals surface area contributed by atoms with Gasteiger partial charge in [-0.05, 0) is 36.8 Å². The number of carboxylic acids is 1. The monoisotopic (exact) mass is 521 g/mol. The second-order valence-corrected chi connectivity index (χ2v) is 7.72. The van der Waals surface area contributed by atoms with Gasteiger partial charge in [0, 0.05) is 6.54 Å². The number of carbonyl (C=O) groups is 3. The highest BCUT2D eigenvalue weighted by Gasteiger charge is 2.34. The predicted octanol–water partition coefficient (Wildman–Crippen LogP) is 1.58. The van der Waals surface area contributed by atoms with Crippen LogP contribution in [0.3, 0.4) is 0 Å². The Hall–Kier alpha value is -3.83. The first-order valence-corrected chi connectivity index (χ1v) is 11.1. The summed E-state index contributed by atoms with van der Waals surface area (Å²) >= 11 is 0. The molecule has 196 valence electrons. The zero-order valence-electron chi connectivity index (χ0n) is 19.7. The van der Waals surface area contributed by atoms with Crippen LogP contribution in [0.25, 0.3) is 0 Å². The van der Waals surface area contributed by atoms with Gasteiger partial charge in [-0.3, -0.25) is 9.79 Å². The topological polar surface area (TPSA) is 181 Å². The molecule has 0 spiro atoms. The smallest absolute Gasteiger partial charge is 0.426 e. The van der Waals surface area contributed by atoms with Crippen LogP contribution in [0.1, 0.15) is 30.4 Å². The van der Waals surface area contributed by atoms with Crippen LogP contribution in [0.4, 0.5) is 4.79 Å². The van der Waals surface area contributed by atoms with Crippen molar-refractivity contribution in [1.29, 1.82) is 0 Å². The molecule has 0 fully saturated rings. The molecule has 0 bridgehead atoms. The fraction of sp³-hybridized carbons (Fsp3) is 0.333. The van der Waals surface area contributed by atoms with Crippen molar-refractivity contribution in [3.63, 3.8) is 0 Å². The van der Waals surface area contributed by atoms with E-state index in [-0.39, 0.29) is 50.8 Å². The highest BCUT2D eigenvalue weighted by atomic mass is 35.5. The Morgan fingerprint density at radius 3 is 2.11 bits per heavy atom. The predicted molar refractivity (Wildman–Crippen MR) is 136 cm³/mol. The molecule has 2 rings (SSSR count). The van der Waals surface area contributed by atoms with Crippen LogP contribution < -0.4 is 16.9 Å². The van der Waals surface area contributed by atoms with E-state index in [9.17, 15) is 24.6 Å². The lowest BCUT2D eigenvalue weighted by molar-refractivity contribution is -0.157. The number of hydrazine groups is 1. The molecular formula is C24H32ClN5O6. The summed E-state index contributed by atoms with van der Waals surface area (Å²) in [4.78, 5) is 41.2. The van der Waals surface area contributed by atoms with Gasteiger partial charge < -0.3 is 26.4 Å². The number of rotatable bonds is 12. The largest absolute Gasteiger partial charge is 0.480 e. The summed E-state index contributed by atoms with van der Waals surface area (Å²) in [7, 11) is 0. The molecule has 2 atom stereocenters. The minimum atomic E-state index is -1.55. The second kappa shape index (κ2) is 16.0. The summed E-state index contributed by atoms with van der Waals surface area (Å²) in [6, 6.07) is 16.6. The Labute approximate surface area is 215 Å². The lowest BCUT2D eigenvalue weighted by Crippen LogP contribution is -2.57. The number of aliphatic imine (C=N–C) groups is 1. The van der Waals surface area contributed by atoms with Crippen molar-refractivity contribution < 1.29 is 29.3 Å². The van der Waals surface area contributed by atoms with Crippen LogP contribution in [0.2, 0.25) is 0 Å². The van der Waals surface area contributed by atoms with Gasteiger partial charge in [0.1, 0.15) is 12.7 Å². The van der Waals surface area contributed by atoms with E-state index in [1.54, 1.807) is 30.3 Å². The number of carbonyl (C=O) groups excluding carboxylic acids is 2. The van der Waals surface area contributed by atoms with E-state index < -0.39 is 30.1 Å². The first-order chi connectivity index (χ1) is 16.8. The zero-order valence-corrected chi connectivity index (χ0v) is 20.5. The molecule has 0 aliphatic carbocycles. The Bertz CT molecular complexity index is 989. The van der Waals surface area contributed by atoms with Crippen molar-refractivity contribution in [1.82, 2.24) is 10.4 Å². The average Bonchev–Trinajstić information content (AvgIpc) is 2.85. The number of hydrogen-bond donors (Lipinski definition) is 5. The lowest BCUT2D eigenvalue weighted by atomic mass is 10.1. The zero-order chi connectivity index (χ0) is 25.6. The minimum Gasteiger partial charge on any atom is -0.480 e. The van der Waals surface area contributed by atoms with E-state index in [4.69, 9.17) is 16.2 Å². The van der Waals surface area contributed by atoms with Crippen LogP contribution in [0.5, 0.6) is 0 Å². The van der Waals surface area contributed by atoms with Crippen molar-refractivity contribution in [3.05, 3.63) is 71.8 Å². The number of benzene rings is 2. The SMILES string of the molecule is Cl.NC(N)=NCCC[C@@H](C(=O)O)N(NC(=O)OCc1ccccc1)C(=O)[C@@H](O)CCc1ccccc1. The quantitative estimate of drug-likeness (QED) is 0.121. The number of aryl methyl sites for hydroxylation is 1. The molecule has 0 aliphatic heterocycles. The molecule has 0 saturated heterocycles. The molecule has 2 aromatic carbocycles. The molecule has 0 radical (unpaired) electrons. The standard InChI is InChI=1S/C24H31N5O6.ClH/c25-23(26)27-15-7-12-19(22(32)33)29(28-24(34)35-16-18-10-5-2-6-11-18)21(31)20(30)14-13-17-8-3-1-4-9-17;/h1-6,8-11,19-20,30H,7,12-16H2,(H,28,34)(H,32,33)(H4,25,26,27);1H/t19-,20-;/m0./s1. The number of aliphatic carboxylic acids is 1. The van der Waals surface area contributed by atoms with E-state index in [1.165, 1.54) is 0 Å². The number of halogens is 1. The van der Waals surface area contributed by atoms with Crippen LogP contribution in [-0.4, -0.2) is 57.8 Å². The first kappa shape index (κ1) is 30.2.